The number of hydrogen-bond acceptors (Lipinski definition) is 3. The second-order valence-electron chi connectivity index (χ2n) is 5.05. The van der Waals surface area contributed by atoms with Crippen LogP contribution in [0.25, 0.3) is 0 Å². The number of esters is 1. The Morgan fingerprint density at radius 3 is 2.56 bits per heavy atom. The third-order valence-electron chi connectivity index (χ3n) is 4.16. The number of rotatable bonds is 1. The number of hydrogen-bond donors (Lipinski definition) is 1. The van der Waals surface area contributed by atoms with E-state index in [9.17, 15) is 9.90 Å². The predicted molar refractivity (Wildman–Crippen MR) is 58.4 cm³/mol. The molecule has 0 aromatic heterocycles. The molecule has 0 aromatic carbocycles. The smallest absolute Gasteiger partial charge is 0.303 e. The summed E-state index contributed by atoms with van der Waals surface area (Å²) in [5, 5.41) is 9.99. The van der Waals surface area contributed by atoms with Crippen LogP contribution >= 0.6 is 0 Å². The first-order chi connectivity index (χ1) is 7.66. The predicted octanol–water partition coefficient (Wildman–Crippen LogP) is 1.29. The number of aliphatic hydroxyl groups is 1. The van der Waals surface area contributed by atoms with Crippen molar-refractivity contribution in [2.45, 2.75) is 25.6 Å². The Balaban J connectivity index is 1.89. The van der Waals surface area contributed by atoms with Gasteiger partial charge in [-0.25, -0.2) is 0 Å². The van der Waals surface area contributed by atoms with Crippen molar-refractivity contribution in [3.63, 3.8) is 0 Å². The van der Waals surface area contributed by atoms with Crippen LogP contribution in [0.4, 0.5) is 0 Å². The minimum atomic E-state index is -0.378. The van der Waals surface area contributed by atoms with Crippen molar-refractivity contribution in [1.82, 2.24) is 0 Å². The van der Waals surface area contributed by atoms with E-state index in [0.29, 0.717) is 11.8 Å². The third kappa shape index (κ3) is 1.34. The molecule has 1 saturated carbocycles. The van der Waals surface area contributed by atoms with E-state index in [4.69, 9.17) is 4.74 Å². The average molecular weight is 220 g/mol. The molecule has 16 heavy (non-hydrogen) atoms. The van der Waals surface area contributed by atoms with Gasteiger partial charge in [-0.05, 0) is 24.3 Å². The molecule has 0 unspecified atom stereocenters. The molecule has 3 aliphatic carbocycles. The Hall–Kier alpha value is -1.09. The highest BCUT2D eigenvalue weighted by atomic mass is 16.5. The molecule has 0 aliphatic heterocycles. The van der Waals surface area contributed by atoms with Gasteiger partial charge in [-0.1, -0.05) is 18.2 Å². The molecule has 0 heterocycles. The van der Waals surface area contributed by atoms with Crippen molar-refractivity contribution in [1.29, 1.82) is 0 Å². The molecule has 1 fully saturated rings. The van der Waals surface area contributed by atoms with Crippen molar-refractivity contribution in [2.24, 2.45) is 23.7 Å². The molecule has 0 saturated heterocycles. The zero-order valence-electron chi connectivity index (χ0n) is 9.24. The van der Waals surface area contributed by atoms with Crippen molar-refractivity contribution < 1.29 is 14.6 Å². The van der Waals surface area contributed by atoms with E-state index in [2.05, 4.69) is 12.2 Å². The summed E-state index contributed by atoms with van der Waals surface area (Å²) in [5.74, 6) is 1.21. The van der Waals surface area contributed by atoms with Crippen LogP contribution in [0.2, 0.25) is 0 Å². The van der Waals surface area contributed by atoms with E-state index in [1.165, 1.54) is 6.92 Å². The fourth-order valence-electron chi connectivity index (χ4n) is 3.63. The molecule has 6 atom stereocenters. The molecule has 3 rings (SSSR count). The molecular formula is C13H16O3. The van der Waals surface area contributed by atoms with Crippen LogP contribution in [0.3, 0.4) is 0 Å². The number of allylic oxidation sites excluding steroid dienone is 2. The molecule has 86 valence electrons. The molecular weight excluding hydrogens is 204 g/mol. The first kappa shape index (κ1) is 10.1. The number of fused-ring (bicyclic) bond motifs is 5. The Morgan fingerprint density at radius 2 is 1.88 bits per heavy atom. The summed E-state index contributed by atoms with van der Waals surface area (Å²) in [6.07, 6.45) is 8.63. The maximum absolute atomic E-state index is 11.1. The van der Waals surface area contributed by atoms with Gasteiger partial charge in [-0.3, -0.25) is 4.79 Å². The van der Waals surface area contributed by atoms with Gasteiger partial charge >= 0.3 is 5.97 Å². The first-order valence-corrected chi connectivity index (χ1v) is 5.89. The summed E-state index contributed by atoms with van der Waals surface area (Å²) in [7, 11) is 0. The van der Waals surface area contributed by atoms with Gasteiger partial charge in [0.2, 0.25) is 0 Å². The monoisotopic (exact) mass is 220 g/mol. The largest absolute Gasteiger partial charge is 0.458 e. The van der Waals surface area contributed by atoms with E-state index >= 15 is 0 Å². The summed E-state index contributed by atoms with van der Waals surface area (Å²) in [6, 6.07) is 0. The fourth-order valence-corrected chi connectivity index (χ4v) is 3.63. The summed E-state index contributed by atoms with van der Waals surface area (Å²) < 4.78 is 5.34. The van der Waals surface area contributed by atoms with Crippen molar-refractivity contribution in [3.8, 4) is 0 Å². The van der Waals surface area contributed by atoms with Gasteiger partial charge in [0.15, 0.2) is 0 Å². The van der Waals surface area contributed by atoms with Gasteiger partial charge < -0.3 is 9.84 Å². The molecule has 0 spiro atoms. The van der Waals surface area contributed by atoms with Gasteiger partial charge in [0.1, 0.15) is 6.10 Å². The fraction of sp³-hybridized carbons (Fsp3) is 0.615. The van der Waals surface area contributed by atoms with Crippen LogP contribution in [-0.4, -0.2) is 23.3 Å². The average Bonchev–Trinajstić information content (AvgIpc) is 2.82. The lowest BCUT2D eigenvalue weighted by Crippen LogP contribution is -2.41. The Bertz CT molecular complexity index is 371. The minimum absolute atomic E-state index is 0.147. The Kier molecular flexibility index (Phi) is 2.18. The SMILES string of the molecule is CC(=O)O[C@H]1C=C[C@@H](O)[C@@H]2[C@H]1[C@@H]1C=C[C@H]2C1. The van der Waals surface area contributed by atoms with Crippen LogP contribution in [0.15, 0.2) is 24.3 Å². The van der Waals surface area contributed by atoms with Crippen molar-refractivity contribution in [3.05, 3.63) is 24.3 Å². The maximum Gasteiger partial charge on any atom is 0.303 e. The van der Waals surface area contributed by atoms with Crippen molar-refractivity contribution in [2.75, 3.05) is 0 Å². The summed E-state index contributed by atoms with van der Waals surface area (Å²) in [6.45, 7) is 1.44. The third-order valence-corrected chi connectivity index (χ3v) is 4.16. The lowest BCUT2D eigenvalue weighted by atomic mass is 9.73. The number of carbonyl (C=O) groups is 1. The number of aliphatic hydroxyl groups excluding tert-OH is 1. The minimum Gasteiger partial charge on any atom is -0.458 e. The molecule has 3 heteroatoms. The normalized spacial score (nSPS) is 48.1. The molecule has 3 nitrogen and oxygen atoms in total. The van der Waals surface area contributed by atoms with Crippen LogP contribution in [0.1, 0.15) is 13.3 Å². The molecule has 1 N–H and O–H groups in total. The van der Waals surface area contributed by atoms with Gasteiger partial charge in [-0.15, -0.1) is 0 Å². The lowest BCUT2D eigenvalue weighted by Gasteiger charge is -2.37. The zero-order chi connectivity index (χ0) is 11.3. The van der Waals surface area contributed by atoms with E-state index in [1.54, 1.807) is 6.08 Å². The standard InChI is InChI=1S/C13H16O3/c1-7(14)16-11-5-4-10(15)12-8-2-3-9(6-8)13(11)12/h2-5,8-13,15H,6H2,1H3/t8-,9+,10+,11-,12+,13-/m0/s1. The highest BCUT2D eigenvalue weighted by molar-refractivity contribution is 5.66. The molecule has 2 bridgehead atoms. The summed E-state index contributed by atoms with van der Waals surface area (Å²) >= 11 is 0. The van der Waals surface area contributed by atoms with Gasteiger partial charge in [0.05, 0.1) is 6.10 Å². The highest BCUT2D eigenvalue weighted by Crippen LogP contribution is 2.53. The van der Waals surface area contributed by atoms with E-state index in [0.717, 1.165) is 6.42 Å². The molecule has 0 radical (unpaired) electrons. The molecule has 0 amide bonds. The lowest BCUT2D eigenvalue weighted by molar-refractivity contribution is -0.149. The van der Waals surface area contributed by atoms with Gasteiger partial charge in [0, 0.05) is 18.8 Å². The van der Waals surface area contributed by atoms with Gasteiger partial charge in [-0.2, -0.15) is 0 Å². The summed E-state index contributed by atoms with van der Waals surface area (Å²) in [5.41, 5.74) is 0. The number of carbonyl (C=O) groups excluding carboxylic acids is 1. The van der Waals surface area contributed by atoms with E-state index in [1.807, 2.05) is 6.08 Å². The van der Waals surface area contributed by atoms with Crippen molar-refractivity contribution >= 4 is 5.97 Å². The zero-order valence-corrected chi connectivity index (χ0v) is 9.24. The Labute approximate surface area is 94.8 Å². The summed E-state index contributed by atoms with van der Waals surface area (Å²) in [4.78, 5) is 11.1. The van der Waals surface area contributed by atoms with Crippen LogP contribution in [0, 0.1) is 23.7 Å². The van der Waals surface area contributed by atoms with E-state index in [-0.39, 0.29) is 30.0 Å². The molecule has 3 aliphatic rings. The van der Waals surface area contributed by atoms with E-state index < -0.39 is 0 Å². The van der Waals surface area contributed by atoms with Gasteiger partial charge in [0.25, 0.3) is 0 Å². The molecule has 0 aromatic rings. The van der Waals surface area contributed by atoms with Crippen LogP contribution in [-0.2, 0) is 9.53 Å². The second kappa shape index (κ2) is 3.45. The first-order valence-electron chi connectivity index (χ1n) is 5.89. The number of ether oxygens (including phenoxy) is 1. The maximum atomic E-state index is 11.1. The van der Waals surface area contributed by atoms with Crippen LogP contribution < -0.4 is 0 Å². The highest BCUT2D eigenvalue weighted by Gasteiger charge is 2.52. The quantitative estimate of drug-likeness (QED) is 0.535. The second-order valence-corrected chi connectivity index (χ2v) is 5.05. The topological polar surface area (TPSA) is 46.5 Å². The van der Waals surface area contributed by atoms with Crippen LogP contribution in [0.5, 0.6) is 0 Å². The Morgan fingerprint density at radius 1 is 1.19 bits per heavy atom.